The minimum Gasteiger partial charge on any atom is -0.490 e. The molecule has 0 aliphatic heterocycles. The molecule has 0 unspecified atom stereocenters. The molecule has 0 atom stereocenters. The third-order valence-corrected chi connectivity index (χ3v) is 6.32. The molecule has 0 heterocycles. The number of allylic oxidation sites excluding steroid dienone is 1. The van der Waals surface area contributed by atoms with Gasteiger partial charge in [0.15, 0.2) is 17.3 Å². The van der Waals surface area contributed by atoms with Crippen LogP contribution in [-0.2, 0) is 13.0 Å². The van der Waals surface area contributed by atoms with Crippen LogP contribution in [0.15, 0.2) is 90.5 Å². The van der Waals surface area contributed by atoms with Crippen LogP contribution < -0.4 is 14.2 Å². The zero-order valence-electron chi connectivity index (χ0n) is 21.2. The van der Waals surface area contributed by atoms with Gasteiger partial charge in [-0.1, -0.05) is 24.3 Å². The zero-order valence-corrected chi connectivity index (χ0v) is 21.2. The lowest BCUT2D eigenvalue weighted by atomic mass is 10.1. The number of carboxylic acid groups (broad SMARTS) is 1. The van der Waals surface area contributed by atoms with Crippen molar-refractivity contribution in [2.24, 2.45) is 0 Å². The fraction of sp³-hybridized carbons (Fsp3) is 0.125. The van der Waals surface area contributed by atoms with Gasteiger partial charge in [0, 0.05) is 23.6 Å². The van der Waals surface area contributed by atoms with Gasteiger partial charge in [0.2, 0.25) is 0 Å². The first kappa shape index (κ1) is 26.6. The molecule has 0 aromatic heterocycles. The minimum absolute atomic E-state index is 0.0312. The molecular formula is C32H24F2O6. The number of carboxylic acids is 1. The number of benzene rings is 4. The van der Waals surface area contributed by atoms with Crippen molar-refractivity contribution in [1.82, 2.24) is 0 Å². The average molecular weight is 543 g/mol. The lowest BCUT2D eigenvalue weighted by Gasteiger charge is -2.09. The van der Waals surface area contributed by atoms with Crippen LogP contribution in [0.3, 0.4) is 0 Å². The molecule has 8 heteroatoms. The van der Waals surface area contributed by atoms with Gasteiger partial charge in [0.05, 0.1) is 5.56 Å². The van der Waals surface area contributed by atoms with Crippen LogP contribution in [-0.4, -0.2) is 30.1 Å². The molecule has 40 heavy (non-hydrogen) atoms. The van der Waals surface area contributed by atoms with Crippen LogP contribution in [0.4, 0.5) is 8.78 Å². The molecule has 5 rings (SSSR count). The van der Waals surface area contributed by atoms with E-state index in [0.29, 0.717) is 29.1 Å². The fourth-order valence-electron chi connectivity index (χ4n) is 4.28. The number of ketones is 1. The molecule has 0 saturated carbocycles. The van der Waals surface area contributed by atoms with E-state index in [9.17, 15) is 18.4 Å². The van der Waals surface area contributed by atoms with Crippen LogP contribution >= 0.6 is 0 Å². The molecule has 202 valence electrons. The van der Waals surface area contributed by atoms with Gasteiger partial charge in [-0.15, -0.1) is 0 Å². The lowest BCUT2D eigenvalue weighted by molar-refractivity contribution is 0.0696. The molecule has 6 nitrogen and oxygen atoms in total. The molecular weight excluding hydrogens is 518 g/mol. The van der Waals surface area contributed by atoms with Gasteiger partial charge < -0.3 is 19.3 Å². The normalized spacial score (nSPS) is 13.2. The number of hydrogen-bond donors (Lipinski definition) is 1. The largest absolute Gasteiger partial charge is 0.490 e. The Labute approximate surface area is 229 Å². The maximum absolute atomic E-state index is 13.6. The van der Waals surface area contributed by atoms with E-state index in [0.717, 1.165) is 28.8 Å². The third-order valence-electron chi connectivity index (χ3n) is 6.32. The van der Waals surface area contributed by atoms with Crippen molar-refractivity contribution in [3.8, 4) is 17.2 Å². The summed E-state index contributed by atoms with van der Waals surface area (Å²) in [7, 11) is 0. The Morgan fingerprint density at radius 1 is 0.825 bits per heavy atom. The first-order valence-corrected chi connectivity index (χ1v) is 12.5. The summed E-state index contributed by atoms with van der Waals surface area (Å²) in [5.74, 6) is -1.27. The van der Waals surface area contributed by atoms with Crippen LogP contribution in [0.25, 0.3) is 6.08 Å². The Bertz CT molecular complexity index is 1580. The number of aromatic carboxylic acids is 1. The summed E-state index contributed by atoms with van der Waals surface area (Å²) in [6.45, 7) is 0.534. The van der Waals surface area contributed by atoms with Crippen molar-refractivity contribution in [3.05, 3.63) is 130 Å². The van der Waals surface area contributed by atoms with Crippen molar-refractivity contribution in [3.63, 3.8) is 0 Å². The molecule has 0 amide bonds. The van der Waals surface area contributed by atoms with Crippen molar-refractivity contribution < 1.29 is 37.7 Å². The van der Waals surface area contributed by atoms with Gasteiger partial charge >= 0.3 is 5.97 Å². The molecule has 0 bridgehead atoms. The molecule has 0 saturated heterocycles. The first-order valence-electron chi connectivity index (χ1n) is 12.5. The van der Waals surface area contributed by atoms with Crippen molar-refractivity contribution in [2.75, 3.05) is 13.2 Å². The topological polar surface area (TPSA) is 82.1 Å². The number of ether oxygens (including phenoxy) is 3. The SMILES string of the molecule is O=C(O)c1ccc(COc2ccc3c(c2)C/C(=C\c2ccc(OCCOc4ccc(F)cc4F)cc2)C3=O)cc1. The van der Waals surface area contributed by atoms with E-state index >= 15 is 0 Å². The van der Waals surface area contributed by atoms with E-state index < -0.39 is 17.6 Å². The van der Waals surface area contributed by atoms with Crippen LogP contribution in [0.1, 0.15) is 37.4 Å². The minimum atomic E-state index is -0.979. The summed E-state index contributed by atoms with van der Waals surface area (Å²) in [6.07, 6.45) is 2.32. The Kier molecular flexibility index (Phi) is 7.87. The Balaban J connectivity index is 1.14. The fourth-order valence-corrected chi connectivity index (χ4v) is 4.28. The maximum atomic E-state index is 13.6. The molecule has 0 radical (unpaired) electrons. The summed E-state index contributed by atoms with van der Waals surface area (Å²) < 4.78 is 43.4. The molecule has 1 aliphatic rings. The second kappa shape index (κ2) is 11.8. The number of rotatable bonds is 10. The van der Waals surface area contributed by atoms with Crippen molar-refractivity contribution in [2.45, 2.75) is 13.0 Å². The lowest BCUT2D eigenvalue weighted by Crippen LogP contribution is -2.09. The first-order chi connectivity index (χ1) is 19.4. The summed E-state index contributed by atoms with van der Waals surface area (Å²) in [5, 5.41) is 9.02. The Morgan fingerprint density at radius 2 is 1.55 bits per heavy atom. The van der Waals surface area contributed by atoms with Gasteiger partial charge in [0.25, 0.3) is 0 Å². The van der Waals surface area contributed by atoms with Gasteiger partial charge in [0.1, 0.15) is 37.1 Å². The predicted molar refractivity (Wildman–Crippen MR) is 144 cm³/mol. The number of fused-ring (bicyclic) bond motifs is 1. The monoisotopic (exact) mass is 542 g/mol. The van der Waals surface area contributed by atoms with Gasteiger partial charge in [-0.05, 0) is 77.4 Å². The second-order valence-corrected chi connectivity index (χ2v) is 9.13. The van der Waals surface area contributed by atoms with Crippen LogP contribution in [0.5, 0.6) is 17.2 Å². The number of carbonyl (C=O) groups is 2. The average Bonchev–Trinajstić information content (AvgIpc) is 3.26. The molecule has 1 N–H and O–H groups in total. The summed E-state index contributed by atoms with van der Waals surface area (Å²) in [5.41, 5.74) is 4.08. The highest BCUT2D eigenvalue weighted by Gasteiger charge is 2.25. The van der Waals surface area contributed by atoms with Crippen molar-refractivity contribution >= 4 is 17.8 Å². The number of halogens is 2. The standard InChI is InChI=1S/C32H24F2O6/c33-25-7-12-30(29(34)18-25)39-14-13-38-26-8-3-20(4-9-26)15-24-16-23-17-27(10-11-28(23)31(24)35)40-19-21-1-5-22(6-2-21)32(36)37/h1-12,15,17-18H,13-14,16,19H2,(H,36,37)/b24-15+. The van der Waals surface area contributed by atoms with Crippen molar-refractivity contribution in [1.29, 1.82) is 0 Å². The highest BCUT2D eigenvalue weighted by Crippen LogP contribution is 2.31. The number of hydrogen-bond acceptors (Lipinski definition) is 5. The van der Waals surface area contributed by atoms with E-state index in [2.05, 4.69) is 0 Å². The summed E-state index contributed by atoms with van der Waals surface area (Å²) in [4.78, 5) is 23.9. The second-order valence-electron chi connectivity index (χ2n) is 9.13. The predicted octanol–water partition coefficient (Wildman–Crippen LogP) is 6.52. The van der Waals surface area contributed by atoms with Crippen LogP contribution in [0.2, 0.25) is 0 Å². The van der Waals surface area contributed by atoms with E-state index in [1.165, 1.54) is 18.2 Å². The zero-order chi connectivity index (χ0) is 28.1. The highest BCUT2D eigenvalue weighted by atomic mass is 19.1. The van der Waals surface area contributed by atoms with E-state index in [4.69, 9.17) is 19.3 Å². The molecule has 0 fully saturated rings. The van der Waals surface area contributed by atoms with Gasteiger partial charge in [-0.2, -0.15) is 0 Å². The Morgan fingerprint density at radius 3 is 2.27 bits per heavy atom. The quantitative estimate of drug-likeness (QED) is 0.181. The molecule has 4 aromatic rings. The molecule has 4 aromatic carbocycles. The van der Waals surface area contributed by atoms with Crippen LogP contribution in [0, 0.1) is 11.6 Å². The molecule has 1 aliphatic carbocycles. The number of Topliss-reactive ketones (excluding diaryl/α,β-unsaturated/α-hetero) is 1. The number of carbonyl (C=O) groups excluding carboxylic acids is 1. The summed E-state index contributed by atoms with van der Waals surface area (Å²) >= 11 is 0. The van der Waals surface area contributed by atoms with E-state index in [1.54, 1.807) is 36.4 Å². The highest BCUT2D eigenvalue weighted by molar-refractivity contribution is 6.15. The summed E-state index contributed by atoms with van der Waals surface area (Å²) in [6, 6.07) is 22.2. The van der Waals surface area contributed by atoms with Gasteiger partial charge in [-0.3, -0.25) is 4.79 Å². The third kappa shape index (κ3) is 6.35. The molecule has 0 spiro atoms. The maximum Gasteiger partial charge on any atom is 0.335 e. The smallest absolute Gasteiger partial charge is 0.335 e. The van der Waals surface area contributed by atoms with Gasteiger partial charge in [-0.25, -0.2) is 13.6 Å². The van der Waals surface area contributed by atoms with E-state index in [-0.39, 0.29) is 36.9 Å². The Hall–Kier alpha value is -4.98. The van der Waals surface area contributed by atoms with E-state index in [1.807, 2.05) is 24.3 Å².